The minimum absolute atomic E-state index is 0.188. The molecule has 0 spiro atoms. The summed E-state index contributed by atoms with van der Waals surface area (Å²) in [4.78, 5) is 32.9. The summed E-state index contributed by atoms with van der Waals surface area (Å²) in [6.07, 6.45) is 4.20. The fourth-order valence-corrected chi connectivity index (χ4v) is 3.94. The minimum Gasteiger partial charge on any atom is -0.379 e. The molecule has 0 unspecified atom stereocenters. The first kappa shape index (κ1) is 23.4. The summed E-state index contributed by atoms with van der Waals surface area (Å²) in [5.41, 5.74) is 9.04. The maximum Gasteiger partial charge on any atom is 0.255 e. The Morgan fingerprint density at radius 1 is 0.971 bits per heavy atom. The number of nitrogens with one attached hydrogen (secondary N) is 1. The highest BCUT2D eigenvalue weighted by molar-refractivity contribution is 6.04. The molecule has 3 N–H and O–H groups in total. The van der Waals surface area contributed by atoms with Crippen LogP contribution in [0.3, 0.4) is 0 Å². The molecule has 0 atom stereocenters. The number of hydrogen-bond acceptors (Lipinski definition) is 6. The largest absolute Gasteiger partial charge is 0.379 e. The van der Waals surface area contributed by atoms with Crippen LogP contribution in [0.25, 0.3) is 0 Å². The molecule has 4 rings (SSSR count). The summed E-state index contributed by atoms with van der Waals surface area (Å²) in [7, 11) is 0. The fourth-order valence-electron chi connectivity index (χ4n) is 3.94. The van der Waals surface area contributed by atoms with Crippen LogP contribution in [0.2, 0.25) is 0 Å². The number of nitrogens with two attached hydrogens (primary N) is 1. The zero-order valence-electron chi connectivity index (χ0n) is 19.0. The van der Waals surface area contributed by atoms with Gasteiger partial charge in [0.05, 0.1) is 13.2 Å². The number of anilines is 3. The summed E-state index contributed by atoms with van der Waals surface area (Å²) in [5, 5.41) is 2.87. The van der Waals surface area contributed by atoms with Gasteiger partial charge in [0, 0.05) is 66.8 Å². The Kier molecular flexibility index (Phi) is 7.85. The molecule has 0 saturated carbocycles. The maximum atomic E-state index is 12.6. The van der Waals surface area contributed by atoms with Gasteiger partial charge >= 0.3 is 0 Å². The fraction of sp³-hybridized carbons (Fsp3) is 0.269. The summed E-state index contributed by atoms with van der Waals surface area (Å²) < 4.78 is 5.44. The summed E-state index contributed by atoms with van der Waals surface area (Å²) in [6.45, 7) is 5.14. The van der Waals surface area contributed by atoms with Crippen LogP contribution in [0.5, 0.6) is 0 Å². The average Bonchev–Trinajstić information content (AvgIpc) is 2.88. The van der Waals surface area contributed by atoms with Crippen LogP contribution >= 0.6 is 0 Å². The molecule has 1 aliphatic heterocycles. The lowest BCUT2D eigenvalue weighted by molar-refractivity contribution is 0.0377. The van der Waals surface area contributed by atoms with E-state index in [1.54, 1.807) is 48.8 Å². The van der Waals surface area contributed by atoms with Gasteiger partial charge < -0.3 is 20.7 Å². The molecule has 176 valence electrons. The molecule has 1 fully saturated rings. The smallest absolute Gasteiger partial charge is 0.255 e. The Morgan fingerprint density at radius 3 is 2.41 bits per heavy atom. The zero-order chi connectivity index (χ0) is 23.8. The summed E-state index contributed by atoms with van der Waals surface area (Å²) >= 11 is 0. The van der Waals surface area contributed by atoms with Crippen molar-refractivity contribution in [1.82, 2.24) is 9.88 Å². The van der Waals surface area contributed by atoms with E-state index in [0.29, 0.717) is 16.8 Å². The Hall–Kier alpha value is -3.75. The third-order valence-electron chi connectivity index (χ3n) is 5.78. The van der Waals surface area contributed by atoms with Crippen LogP contribution in [0.1, 0.15) is 27.1 Å². The lowest BCUT2D eigenvalue weighted by atomic mass is 10.1. The second-order valence-electron chi connectivity index (χ2n) is 8.11. The van der Waals surface area contributed by atoms with E-state index in [9.17, 15) is 9.59 Å². The lowest BCUT2D eigenvalue weighted by Crippen LogP contribution is -2.37. The van der Waals surface area contributed by atoms with Crippen molar-refractivity contribution < 1.29 is 14.3 Å². The van der Waals surface area contributed by atoms with Gasteiger partial charge in [0.2, 0.25) is 5.91 Å². The van der Waals surface area contributed by atoms with Gasteiger partial charge in [-0.3, -0.25) is 19.5 Å². The van der Waals surface area contributed by atoms with Crippen LogP contribution in [0.15, 0.2) is 73.1 Å². The first-order valence-corrected chi connectivity index (χ1v) is 11.4. The average molecular weight is 460 g/mol. The molecule has 2 heterocycles. The standard InChI is InChI=1S/C26H29N5O3/c27-25(32)21-3-1-4-24(19-21)31(14-2-13-30-15-17-34-18-16-30)23-7-5-20(6-8-23)26(33)29-22-9-11-28-12-10-22/h1,3-12,19H,2,13-18H2,(H2,27,32)(H,28,29,33). The Balaban J connectivity index is 1.50. The van der Waals surface area contributed by atoms with Gasteiger partial charge in [0.1, 0.15) is 0 Å². The highest BCUT2D eigenvalue weighted by atomic mass is 16.5. The van der Waals surface area contributed by atoms with Gasteiger partial charge in [-0.05, 0) is 61.0 Å². The number of aromatic nitrogens is 1. The van der Waals surface area contributed by atoms with Crippen LogP contribution in [-0.4, -0.2) is 61.1 Å². The zero-order valence-corrected chi connectivity index (χ0v) is 19.0. The van der Waals surface area contributed by atoms with Crippen molar-refractivity contribution >= 4 is 28.9 Å². The molecule has 8 nitrogen and oxygen atoms in total. The quantitative estimate of drug-likeness (QED) is 0.509. The highest BCUT2D eigenvalue weighted by Crippen LogP contribution is 2.27. The van der Waals surface area contributed by atoms with Crippen LogP contribution in [0.4, 0.5) is 17.1 Å². The number of rotatable bonds is 9. The van der Waals surface area contributed by atoms with Crippen molar-refractivity contribution in [3.8, 4) is 0 Å². The Bertz CT molecular complexity index is 1100. The van der Waals surface area contributed by atoms with E-state index >= 15 is 0 Å². The predicted octanol–water partition coefficient (Wildman–Crippen LogP) is 3.29. The van der Waals surface area contributed by atoms with E-state index in [0.717, 1.165) is 57.2 Å². The molecule has 0 bridgehead atoms. The molecule has 2 aromatic carbocycles. The molecule has 3 aromatic rings. The SMILES string of the molecule is NC(=O)c1cccc(N(CCCN2CCOCC2)c2ccc(C(=O)Nc3ccncc3)cc2)c1. The molecule has 8 heteroatoms. The van der Waals surface area contributed by atoms with Crippen molar-refractivity contribution in [3.05, 3.63) is 84.2 Å². The number of ether oxygens (including phenoxy) is 1. The molecule has 0 radical (unpaired) electrons. The third-order valence-corrected chi connectivity index (χ3v) is 5.78. The maximum absolute atomic E-state index is 12.6. The van der Waals surface area contributed by atoms with Crippen molar-refractivity contribution in [2.24, 2.45) is 5.73 Å². The molecule has 0 aliphatic carbocycles. The van der Waals surface area contributed by atoms with Gasteiger partial charge in [0.15, 0.2) is 0 Å². The number of carbonyl (C=O) groups is 2. The third kappa shape index (κ3) is 6.18. The number of benzene rings is 2. The lowest BCUT2D eigenvalue weighted by Gasteiger charge is -2.29. The molecule has 1 saturated heterocycles. The van der Waals surface area contributed by atoms with E-state index < -0.39 is 5.91 Å². The number of nitrogens with zero attached hydrogens (tertiary/aromatic N) is 3. The van der Waals surface area contributed by atoms with Gasteiger partial charge in [-0.2, -0.15) is 0 Å². The first-order valence-electron chi connectivity index (χ1n) is 11.4. The van der Waals surface area contributed by atoms with E-state index in [-0.39, 0.29) is 5.91 Å². The van der Waals surface area contributed by atoms with E-state index in [1.807, 2.05) is 24.3 Å². The molecule has 1 aliphatic rings. The highest BCUT2D eigenvalue weighted by Gasteiger charge is 2.15. The molecule has 1 aromatic heterocycles. The molecular formula is C26H29N5O3. The summed E-state index contributed by atoms with van der Waals surface area (Å²) in [5.74, 6) is -0.648. The second-order valence-corrected chi connectivity index (χ2v) is 8.11. The van der Waals surface area contributed by atoms with Crippen molar-refractivity contribution in [1.29, 1.82) is 0 Å². The van der Waals surface area contributed by atoms with Crippen LogP contribution in [-0.2, 0) is 4.74 Å². The van der Waals surface area contributed by atoms with E-state index in [1.165, 1.54) is 0 Å². The van der Waals surface area contributed by atoms with Gasteiger partial charge in [-0.15, -0.1) is 0 Å². The van der Waals surface area contributed by atoms with Crippen LogP contribution < -0.4 is 16.0 Å². The first-order chi connectivity index (χ1) is 16.6. The number of carbonyl (C=O) groups excluding carboxylic acids is 2. The van der Waals surface area contributed by atoms with Crippen molar-refractivity contribution in [3.63, 3.8) is 0 Å². The number of amides is 2. The van der Waals surface area contributed by atoms with Gasteiger partial charge in [0.25, 0.3) is 5.91 Å². The number of morpholine rings is 1. The van der Waals surface area contributed by atoms with E-state index in [4.69, 9.17) is 10.5 Å². The van der Waals surface area contributed by atoms with Crippen molar-refractivity contribution in [2.75, 3.05) is 49.6 Å². The normalized spacial score (nSPS) is 13.9. The topological polar surface area (TPSA) is 101 Å². The monoisotopic (exact) mass is 459 g/mol. The number of primary amides is 1. The molecular weight excluding hydrogens is 430 g/mol. The predicted molar refractivity (Wildman–Crippen MR) is 132 cm³/mol. The Morgan fingerprint density at radius 2 is 1.71 bits per heavy atom. The number of pyridine rings is 1. The molecule has 34 heavy (non-hydrogen) atoms. The minimum atomic E-state index is -0.460. The summed E-state index contributed by atoms with van der Waals surface area (Å²) in [6, 6.07) is 18.3. The van der Waals surface area contributed by atoms with Crippen LogP contribution in [0, 0.1) is 0 Å². The number of hydrogen-bond donors (Lipinski definition) is 2. The van der Waals surface area contributed by atoms with Crippen molar-refractivity contribution in [2.45, 2.75) is 6.42 Å². The Labute approximate surface area is 199 Å². The second kappa shape index (κ2) is 11.4. The van der Waals surface area contributed by atoms with Gasteiger partial charge in [-0.1, -0.05) is 6.07 Å². The van der Waals surface area contributed by atoms with E-state index in [2.05, 4.69) is 20.1 Å². The van der Waals surface area contributed by atoms with Gasteiger partial charge in [-0.25, -0.2) is 0 Å². The molecule has 2 amide bonds.